The quantitative estimate of drug-likeness (QED) is 0.370. The van der Waals surface area contributed by atoms with Gasteiger partial charge in [0, 0.05) is 37.5 Å². The van der Waals surface area contributed by atoms with Crippen LogP contribution in [0.4, 0.5) is 0 Å². The first-order valence-corrected chi connectivity index (χ1v) is 8.24. The summed E-state index contributed by atoms with van der Waals surface area (Å²) >= 11 is 0. The van der Waals surface area contributed by atoms with Crippen LogP contribution < -0.4 is 10.6 Å². The highest BCUT2D eigenvalue weighted by Gasteiger charge is 2.12. The zero-order valence-corrected chi connectivity index (χ0v) is 16.9. The van der Waals surface area contributed by atoms with E-state index >= 15 is 0 Å². The molecule has 0 saturated carbocycles. The summed E-state index contributed by atoms with van der Waals surface area (Å²) in [7, 11) is 0. The van der Waals surface area contributed by atoms with Crippen LogP contribution in [0.2, 0.25) is 0 Å². The normalized spacial score (nSPS) is 11.2. The Labute approximate surface area is 160 Å². The minimum absolute atomic E-state index is 0. The molecule has 134 valence electrons. The molecule has 0 saturated heterocycles. The van der Waals surface area contributed by atoms with Crippen LogP contribution in [0.5, 0.6) is 0 Å². The zero-order valence-electron chi connectivity index (χ0n) is 14.6. The van der Waals surface area contributed by atoms with Crippen molar-refractivity contribution in [3.8, 4) is 0 Å². The van der Waals surface area contributed by atoms with Gasteiger partial charge in [0.1, 0.15) is 5.76 Å². The average Bonchev–Trinajstić information content (AvgIpc) is 3.21. The average molecular weight is 446 g/mol. The number of aryl methyl sites for hydroxylation is 2. The fourth-order valence-electron chi connectivity index (χ4n) is 2.34. The van der Waals surface area contributed by atoms with Crippen LogP contribution in [0, 0.1) is 0 Å². The van der Waals surface area contributed by atoms with Gasteiger partial charge in [-0.3, -0.25) is 4.68 Å². The Balaban J connectivity index is 0.00000288. The summed E-state index contributed by atoms with van der Waals surface area (Å²) in [5.41, 5.74) is 2.11. The number of rotatable bonds is 8. The maximum absolute atomic E-state index is 5.39. The molecule has 0 aromatic carbocycles. The van der Waals surface area contributed by atoms with Crippen LogP contribution in [0.1, 0.15) is 37.8 Å². The smallest absolute Gasteiger partial charge is 0.191 e. The number of guanidine groups is 1. The molecule has 0 aliphatic carbocycles. The van der Waals surface area contributed by atoms with Gasteiger partial charge in [0.2, 0.25) is 0 Å². The van der Waals surface area contributed by atoms with E-state index in [4.69, 9.17) is 4.52 Å². The number of nitrogens with one attached hydrogen (secondary N) is 2. The van der Waals surface area contributed by atoms with Crippen molar-refractivity contribution in [3.05, 3.63) is 35.5 Å². The second-order valence-corrected chi connectivity index (χ2v) is 5.13. The number of aliphatic imine (C=N–C) groups is 1. The lowest BCUT2D eigenvalue weighted by atomic mass is 10.1. The molecule has 0 aliphatic rings. The third-order valence-corrected chi connectivity index (χ3v) is 3.54. The van der Waals surface area contributed by atoms with Gasteiger partial charge in [-0.25, -0.2) is 4.99 Å². The van der Waals surface area contributed by atoms with E-state index in [0.29, 0.717) is 6.54 Å². The molecule has 2 aromatic heterocycles. The van der Waals surface area contributed by atoms with E-state index in [0.717, 1.165) is 55.5 Å². The number of aromatic nitrogens is 3. The number of hydrogen-bond donors (Lipinski definition) is 2. The van der Waals surface area contributed by atoms with Crippen LogP contribution >= 0.6 is 24.0 Å². The van der Waals surface area contributed by atoms with Gasteiger partial charge < -0.3 is 15.2 Å². The lowest BCUT2D eigenvalue weighted by Crippen LogP contribution is -2.38. The van der Waals surface area contributed by atoms with Crippen molar-refractivity contribution in [1.82, 2.24) is 25.6 Å². The highest BCUT2D eigenvalue weighted by molar-refractivity contribution is 14.0. The van der Waals surface area contributed by atoms with Crippen LogP contribution in [0.25, 0.3) is 0 Å². The molecule has 0 bridgehead atoms. The van der Waals surface area contributed by atoms with Gasteiger partial charge in [-0.1, -0.05) is 19.0 Å². The number of hydrogen-bond acceptors (Lipinski definition) is 4. The minimum atomic E-state index is 0. The summed E-state index contributed by atoms with van der Waals surface area (Å²) in [6, 6.07) is 1.92. The molecule has 24 heavy (non-hydrogen) atoms. The maximum atomic E-state index is 5.39. The van der Waals surface area contributed by atoms with E-state index in [-0.39, 0.29) is 24.0 Å². The summed E-state index contributed by atoms with van der Waals surface area (Å²) in [6.45, 7) is 9.16. The Bertz CT molecular complexity index is 587. The van der Waals surface area contributed by atoms with Crippen molar-refractivity contribution in [3.63, 3.8) is 0 Å². The maximum Gasteiger partial charge on any atom is 0.191 e. The summed E-state index contributed by atoms with van der Waals surface area (Å²) in [6.07, 6.45) is 5.42. The lowest BCUT2D eigenvalue weighted by molar-refractivity contribution is 0.380. The second kappa shape index (κ2) is 11.1. The fourth-order valence-corrected chi connectivity index (χ4v) is 2.34. The monoisotopic (exact) mass is 446 g/mol. The molecule has 2 aromatic rings. The molecule has 8 heteroatoms. The standard InChI is InChI=1S/C16H26N6O.HI/c1-4-14-13(15(5-2)23-21-14)12-19-16(17-6-3)18-9-11-22-10-7-8-20-22;/h7-8,10H,4-6,9,11-12H2,1-3H3,(H2,17,18,19);1H. The van der Waals surface area contributed by atoms with Gasteiger partial charge in [-0.15, -0.1) is 24.0 Å². The molecule has 0 unspecified atom stereocenters. The molecule has 0 aliphatic heterocycles. The third kappa shape index (κ3) is 5.81. The number of nitrogens with zero attached hydrogens (tertiary/aromatic N) is 4. The Hall–Kier alpha value is -1.58. The first-order chi connectivity index (χ1) is 11.3. The highest BCUT2D eigenvalue weighted by Crippen LogP contribution is 2.16. The Morgan fingerprint density at radius 3 is 2.71 bits per heavy atom. The van der Waals surface area contributed by atoms with E-state index < -0.39 is 0 Å². The summed E-state index contributed by atoms with van der Waals surface area (Å²) in [4.78, 5) is 4.66. The molecule has 0 radical (unpaired) electrons. The Morgan fingerprint density at radius 1 is 1.25 bits per heavy atom. The van der Waals surface area contributed by atoms with E-state index in [2.05, 4.69) is 46.7 Å². The van der Waals surface area contributed by atoms with E-state index in [1.807, 2.05) is 16.9 Å². The largest absolute Gasteiger partial charge is 0.361 e. The van der Waals surface area contributed by atoms with E-state index in [1.165, 1.54) is 0 Å². The Kier molecular flexibility index (Phi) is 9.43. The van der Waals surface area contributed by atoms with Crippen LogP contribution in [-0.2, 0) is 25.9 Å². The van der Waals surface area contributed by atoms with Gasteiger partial charge in [0.15, 0.2) is 5.96 Å². The summed E-state index contributed by atoms with van der Waals surface area (Å²) in [5, 5.41) is 14.9. The predicted molar refractivity (Wildman–Crippen MR) is 106 cm³/mol. The minimum Gasteiger partial charge on any atom is -0.361 e. The molecule has 0 atom stereocenters. The SMILES string of the molecule is CCNC(=NCc1c(CC)noc1CC)NCCn1cccn1.I. The fraction of sp³-hybridized carbons (Fsp3) is 0.562. The molecular formula is C16H27IN6O. The molecule has 0 spiro atoms. The summed E-state index contributed by atoms with van der Waals surface area (Å²) in [5.74, 6) is 1.72. The van der Waals surface area contributed by atoms with Crippen molar-refractivity contribution in [2.24, 2.45) is 4.99 Å². The van der Waals surface area contributed by atoms with Crippen LogP contribution in [-0.4, -0.2) is 34.0 Å². The van der Waals surface area contributed by atoms with Gasteiger partial charge in [0.25, 0.3) is 0 Å². The van der Waals surface area contributed by atoms with Gasteiger partial charge >= 0.3 is 0 Å². The second-order valence-electron chi connectivity index (χ2n) is 5.13. The van der Waals surface area contributed by atoms with Crippen molar-refractivity contribution in [2.75, 3.05) is 13.1 Å². The van der Waals surface area contributed by atoms with Gasteiger partial charge in [-0.05, 0) is 19.4 Å². The van der Waals surface area contributed by atoms with Crippen molar-refractivity contribution in [1.29, 1.82) is 0 Å². The summed E-state index contributed by atoms with van der Waals surface area (Å²) < 4.78 is 7.28. The van der Waals surface area contributed by atoms with Crippen molar-refractivity contribution >= 4 is 29.9 Å². The third-order valence-electron chi connectivity index (χ3n) is 3.54. The van der Waals surface area contributed by atoms with Crippen LogP contribution in [0.15, 0.2) is 28.0 Å². The lowest BCUT2D eigenvalue weighted by Gasteiger charge is -2.11. The van der Waals surface area contributed by atoms with Crippen LogP contribution in [0.3, 0.4) is 0 Å². The van der Waals surface area contributed by atoms with E-state index in [9.17, 15) is 0 Å². The van der Waals surface area contributed by atoms with Crippen molar-refractivity contribution in [2.45, 2.75) is 46.7 Å². The topological polar surface area (TPSA) is 80.3 Å². The molecule has 2 rings (SSSR count). The molecule has 2 heterocycles. The molecule has 0 amide bonds. The van der Waals surface area contributed by atoms with Crippen molar-refractivity contribution < 1.29 is 4.52 Å². The van der Waals surface area contributed by atoms with E-state index in [1.54, 1.807) is 6.20 Å². The van der Waals surface area contributed by atoms with Gasteiger partial charge in [0.05, 0.1) is 18.8 Å². The molecule has 7 nitrogen and oxygen atoms in total. The Morgan fingerprint density at radius 2 is 2.08 bits per heavy atom. The van der Waals surface area contributed by atoms with Gasteiger partial charge in [-0.2, -0.15) is 5.10 Å². The zero-order chi connectivity index (χ0) is 16.5. The number of halogens is 1. The predicted octanol–water partition coefficient (Wildman–Crippen LogP) is 2.37. The molecular weight excluding hydrogens is 419 g/mol. The first kappa shape index (κ1) is 20.5. The first-order valence-electron chi connectivity index (χ1n) is 8.24. The molecule has 2 N–H and O–H groups in total. The molecule has 0 fully saturated rings. The highest BCUT2D eigenvalue weighted by atomic mass is 127.